The molecule has 148 valence electrons. The third kappa shape index (κ3) is 3.45. The van der Waals surface area contributed by atoms with Gasteiger partial charge in [0.1, 0.15) is 5.82 Å². The first-order chi connectivity index (χ1) is 14.7. The Kier molecular flexibility index (Phi) is 4.55. The van der Waals surface area contributed by atoms with Gasteiger partial charge in [-0.05, 0) is 58.2 Å². The van der Waals surface area contributed by atoms with E-state index in [2.05, 4.69) is 26.7 Å². The predicted molar refractivity (Wildman–Crippen MR) is 111 cm³/mol. The minimum atomic E-state index is -0.254. The zero-order chi connectivity index (χ0) is 20.5. The molecule has 0 radical (unpaired) electrons. The van der Waals surface area contributed by atoms with Crippen LogP contribution in [-0.4, -0.2) is 33.1 Å². The fraction of sp³-hybridized carbons (Fsp3) is 0.130. The standard InChI is InChI=1S/C23H18FN5O/c24-20-3-1-2-17(14-20)18-8-9-21-19(13-18)10-11-29(21)22(30)12-15-4-6-16(7-5-15)23-25-27-28-26-23/h1-9,13-14H,10-12H2,(H,25,26,27,28). The number of H-pyrrole nitrogens is 1. The lowest BCUT2D eigenvalue weighted by Gasteiger charge is -2.18. The van der Waals surface area contributed by atoms with Gasteiger partial charge in [0.05, 0.1) is 6.42 Å². The van der Waals surface area contributed by atoms with E-state index < -0.39 is 0 Å². The molecule has 0 fully saturated rings. The van der Waals surface area contributed by atoms with Crippen molar-refractivity contribution < 1.29 is 9.18 Å². The number of aromatic nitrogens is 4. The summed E-state index contributed by atoms with van der Waals surface area (Å²) in [6.45, 7) is 0.654. The molecule has 3 aromatic carbocycles. The van der Waals surface area contributed by atoms with Crippen molar-refractivity contribution in [1.82, 2.24) is 20.6 Å². The number of carbonyl (C=O) groups excluding carboxylic acids is 1. The maximum absolute atomic E-state index is 13.5. The normalized spacial score (nSPS) is 12.8. The quantitative estimate of drug-likeness (QED) is 0.566. The number of fused-ring (bicyclic) bond motifs is 1. The van der Waals surface area contributed by atoms with E-state index >= 15 is 0 Å². The molecule has 7 heteroatoms. The van der Waals surface area contributed by atoms with Gasteiger partial charge in [0.2, 0.25) is 11.7 Å². The Hall–Kier alpha value is -3.87. The van der Waals surface area contributed by atoms with Crippen LogP contribution in [0.25, 0.3) is 22.5 Å². The number of anilines is 1. The van der Waals surface area contributed by atoms with E-state index in [4.69, 9.17) is 0 Å². The predicted octanol–water partition coefficient (Wildman–Crippen LogP) is 3.80. The van der Waals surface area contributed by atoms with Gasteiger partial charge >= 0.3 is 0 Å². The van der Waals surface area contributed by atoms with E-state index in [1.54, 1.807) is 6.07 Å². The molecule has 1 N–H and O–H groups in total. The Balaban J connectivity index is 1.32. The third-order valence-electron chi connectivity index (χ3n) is 5.35. The number of amides is 1. The number of halogens is 1. The molecule has 1 aliphatic rings. The zero-order valence-electron chi connectivity index (χ0n) is 16.0. The number of carbonyl (C=O) groups is 1. The molecular formula is C23H18FN5O. The fourth-order valence-corrected chi connectivity index (χ4v) is 3.83. The van der Waals surface area contributed by atoms with Crippen LogP contribution in [0.4, 0.5) is 10.1 Å². The molecule has 0 atom stereocenters. The molecule has 1 aromatic heterocycles. The van der Waals surface area contributed by atoms with Crippen molar-refractivity contribution in [2.24, 2.45) is 0 Å². The van der Waals surface area contributed by atoms with Gasteiger partial charge in [0.15, 0.2) is 0 Å². The summed E-state index contributed by atoms with van der Waals surface area (Å²) in [5.41, 5.74) is 5.61. The number of aromatic amines is 1. The highest BCUT2D eigenvalue weighted by atomic mass is 19.1. The fourth-order valence-electron chi connectivity index (χ4n) is 3.83. The van der Waals surface area contributed by atoms with Gasteiger partial charge < -0.3 is 4.90 Å². The van der Waals surface area contributed by atoms with Crippen molar-refractivity contribution in [3.05, 3.63) is 83.7 Å². The lowest BCUT2D eigenvalue weighted by Crippen LogP contribution is -2.30. The van der Waals surface area contributed by atoms with Crippen LogP contribution in [0.5, 0.6) is 0 Å². The second-order valence-corrected chi connectivity index (χ2v) is 7.26. The zero-order valence-corrected chi connectivity index (χ0v) is 16.0. The van der Waals surface area contributed by atoms with Crippen molar-refractivity contribution in [1.29, 1.82) is 0 Å². The lowest BCUT2D eigenvalue weighted by molar-refractivity contribution is -0.117. The minimum absolute atomic E-state index is 0.0552. The van der Waals surface area contributed by atoms with Crippen LogP contribution < -0.4 is 4.90 Å². The topological polar surface area (TPSA) is 74.8 Å². The van der Waals surface area contributed by atoms with Crippen LogP contribution in [0.1, 0.15) is 11.1 Å². The van der Waals surface area contributed by atoms with Crippen molar-refractivity contribution in [2.75, 3.05) is 11.4 Å². The summed E-state index contributed by atoms with van der Waals surface area (Å²) in [5, 5.41) is 13.9. The van der Waals surface area contributed by atoms with Crippen LogP contribution in [-0.2, 0) is 17.6 Å². The Morgan fingerprint density at radius 3 is 2.57 bits per heavy atom. The Morgan fingerprint density at radius 2 is 1.80 bits per heavy atom. The highest BCUT2D eigenvalue weighted by Crippen LogP contribution is 2.33. The van der Waals surface area contributed by atoms with Crippen molar-refractivity contribution in [2.45, 2.75) is 12.8 Å². The average molecular weight is 399 g/mol. The number of hydrogen-bond acceptors (Lipinski definition) is 4. The Morgan fingerprint density at radius 1 is 1.00 bits per heavy atom. The molecule has 30 heavy (non-hydrogen) atoms. The maximum Gasteiger partial charge on any atom is 0.231 e. The number of nitrogens with one attached hydrogen (secondary N) is 1. The number of nitrogens with zero attached hydrogens (tertiary/aromatic N) is 4. The smallest absolute Gasteiger partial charge is 0.231 e. The van der Waals surface area contributed by atoms with Gasteiger partial charge in [-0.1, -0.05) is 42.5 Å². The minimum Gasteiger partial charge on any atom is -0.312 e. The number of rotatable bonds is 4. The second kappa shape index (κ2) is 7.51. The largest absolute Gasteiger partial charge is 0.312 e. The molecule has 5 rings (SSSR count). The summed E-state index contributed by atoms with van der Waals surface area (Å²) in [6.07, 6.45) is 1.11. The molecule has 1 aliphatic heterocycles. The van der Waals surface area contributed by atoms with Gasteiger partial charge in [0.25, 0.3) is 0 Å². The van der Waals surface area contributed by atoms with E-state index in [0.717, 1.165) is 39.9 Å². The molecule has 0 saturated heterocycles. The molecule has 0 spiro atoms. The van der Waals surface area contributed by atoms with Crippen molar-refractivity contribution in [3.8, 4) is 22.5 Å². The Labute approximate surface area is 172 Å². The first-order valence-electron chi connectivity index (χ1n) is 9.69. The van der Waals surface area contributed by atoms with Crippen molar-refractivity contribution >= 4 is 11.6 Å². The van der Waals surface area contributed by atoms with E-state index in [1.165, 1.54) is 12.1 Å². The molecule has 6 nitrogen and oxygen atoms in total. The van der Waals surface area contributed by atoms with Gasteiger partial charge in [-0.3, -0.25) is 4.79 Å². The number of tetrazole rings is 1. The summed E-state index contributed by atoms with van der Waals surface area (Å²) in [7, 11) is 0. The molecule has 2 heterocycles. The van der Waals surface area contributed by atoms with Crippen molar-refractivity contribution in [3.63, 3.8) is 0 Å². The number of hydrogen-bond donors (Lipinski definition) is 1. The van der Waals surface area contributed by atoms with Crippen LogP contribution >= 0.6 is 0 Å². The molecule has 4 aromatic rings. The second-order valence-electron chi connectivity index (χ2n) is 7.26. The van der Waals surface area contributed by atoms with E-state index in [-0.39, 0.29) is 11.7 Å². The Bertz CT molecular complexity index is 1200. The average Bonchev–Trinajstić information content (AvgIpc) is 3.44. The van der Waals surface area contributed by atoms with E-state index in [9.17, 15) is 9.18 Å². The summed E-state index contributed by atoms with van der Waals surface area (Å²) in [6, 6.07) is 20.1. The van der Waals surface area contributed by atoms with E-state index in [1.807, 2.05) is 47.4 Å². The third-order valence-corrected chi connectivity index (χ3v) is 5.35. The molecular weight excluding hydrogens is 381 g/mol. The van der Waals surface area contributed by atoms with E-state index in [0.29, 0.717) is 18.8 Å². The van der Waals surface area contributed by atoms with Crippen LogP contribution in [0.15, 0.2) is 66.7 Å². The van der Waals surface area contributed by atoms with Gasteiger partial charge in [0, 0.05) is 17.8 Å². The van der Waals surface area contributed by atoms with Crippen LogP contribution in [0, 0.1) is 5.82 Å². The summed E-state index contributed by atoms with van der Waals surface area (Å²) >= 11 is 0. The van der Waals surface area contributed by atoms with Gasteiger partial charge in [-0.2, -0.15) is 5.21 Å². The highest BCUT2D eigenvalue weighted by molar-refractivity contribution is 5.97. The molecule has 0 aliphatic carbocycles. The first kappa shape index (κ1) is 18.2. The molecule has 0 bridgehead atoms. The SMILES string of the molecule is O=C(Cc1ccc(-c2nn[nH]n2)cc1)N1CCc2cc(-c3cccc(F)c3)ccc21. The molecule has 0 saturated carbocycles. The molecule has 0 unspecified atom stereocenters. The van der Waals surface area contributed by atoms with Crippen LogP contribution in [0.3, 0.4) is 0 Å². The lowest BCUT2D eigenvalue weighted by atomic mass is 10.0. The summed E-state index contributed by atoms with van der Waals surface area (Å²) < 4.78 is 13.5. The summed E-state index contributed by atoms with van der Waals surface area (Å²) in [5.74, 6) is 0.324. The first-order valence-corrected chi connectivity index (χ1v) is 9.69. The van der Waals surface area contributed by atoms with Crippen LogP contribution in [0.2, 0.25) is 0 Å². The summed E-state index contributed by atoms with van der Waals surface area (Å²) in [4.78, 5) is 14.8. The van der Waals surface area contributed by atoms with Gasteiger partial charge in [-0.15, -0.1) is 10.2 Å². The highest BCUT2D eigenvalue weighted by Gasteiger charge is 2.25. The maximum atomic E-state index is 13.5. The monoisotopic (exact) mass is 399 g/mol. The molecule has 1 amide bonds. The number of benzene rings is 3. The van der Waals surface area contributed by atoms with Gasteiger partial charge in [-0.25, -0.2) is 4.39 Å².